The number of guanidine groups is 1. The number of nitrogens with one attached hydrogen (secondary N) is 2. The van der Waals surface area contributed by atoms with Crippen molar-refractivity contribution >= 4 is 41.3 Å². The van der Waals surface area contributed by atoms with Crippen LogP contribution in [0.25, 0.3) is 0 Å². The normalized spacial score (nSPS) is 15.7. The third-order valence-corrected chi connectivity index (χ3v) is 5.88. The summed E-state index contributed by atoms with van der Waals surface area (Å²) < 4.78 is 0. The molecule has 0 saturated carbocycles. The van der Waals surface area contributed by atoms with E-state index in [9.17, 15) is 0 Å². The van der Waals surface area contributed by atoms with Crippen molar-refractivity contribution in [1.82, 2.24) is 20.4 Å². The second-order valence-electron chi connectivity index (χ2n) is 7.21. The number of halogens is 1. The van der Waals surface area contributed by atoms with Crippen molar-refractivity contribution in [2.75, 3.05) is 39.3 Å². The van der Waals surface area contributed by atoms with Crippen LogP contribution in [0.4, 0.5) is 0 Å². The van der Waals surface area contributed by atoms with E-state index in [1.54, 1.807) is 11.3 Å². The fraction of sp³-hybridized carbons (Fsp3) is 0.500. The van der Waals surface area contributed by atoms with Gasteiger partial charge in [0.1, 0.15) is 0 Å². The largest absolute Gasteiger partial charge is 0.357 e. The minimum absolute atomic E-state index is 0. The molecule has 0 amide bonds. The zero-order valence-electron chi connectivity index (χ0n) is 17.6. The van der Waals surface area contributed by atoms with Crippen molar-refractivity contribution in [3.63, 3.8) is 0 Å². The first kappa shape index (κ1) is 24.1. The van der Waals surface area contributed by atoms with Crippen LogP contribution >= 0.6 is 35.3 Å². The number of piperazine rings is 1. The van der Waals surface area contributed by atoms with Crippen LogP contribution in [0, 0.1) is 0 Å². The molecule has 1 saturated heterocycles. The van der Waals surface area contributed by atoms with Gasteiger partial charge in [-0.2, -0.15) is 11.3 Å². The van der Waals surface area contributed by atoms with Crippen LogP contribution in [0.15, 0.2) is 46.1 Å². The number of hydrogen-bond acceptors (Lipinski definition) is 4. The number of likely N-dealkylation sites (N-methyl/N-ethyl adjacent to an activating group) is 1. The molecule has 0 bridgehead atoms. The van der Waals surface area contributed by atoms with Crippen molar-refractivity contribution in [1.29, 1.82) is 0 Å². The number of thiophene rings is 1. The van der Waals surface area contributed by atoms with E-state index in [0.29, 0.717) is 6.54 Å². The first-order valence-electron chi connectivity index (χ1n) is 10.3. The summed E-state index contributed by atoms with van der Waals surface area (Å²) >= 11 is 1.71. The number of aliphatic imine (C=N–C) groups is 1. The Bertz CT molecular complexity index is 709. The van der Waals surface area contributed by atoms with Gasteiger partial charge in [0.05, 0.1) is 6.54 Å². The molecule has 7 heteroatoms. The Hall–Kier alpha value is -1.16. The second kappa shape index (κ2) is 13.2. The van der Waals surface area contributed by atoms with E-state index < -0.39 is 0 Å². The van der Waals surface area contributed by atoms with E-state index >= 15 is 0 Å². The van der Waals surface area contributed by atoms with Gasteiger partial charge in [-0.25, -0.2) is 4.99 Å². The SMILES string of the molecule is CCNC(=NCc1ccsc1)NCc1ccc(CN2CCN(CC)CC2)cc1.I. The molecular formula is C22H34IN5S. The molecule has 160 valence electrons. The summed E-state index contributed by atoms with van der Waals surface area (Å²) in [6, 6.07) is 11.1. The first-order chi connectivity index (χ1) is 13.8. The molecule has 1 fully saturated rings. The lowest BCUT2D eigenvalue weighted by molar-refractivity contribution is 0.132. The average Bonchev–Trinajstić information content (AvgIpc) is 3.25. The quantitative estimate of drug-likeness (QED) is 0.312. The Morgan fingerprint density at radius 2 is 1.62 bits per heavy atom. The van der Waals surface area contributed by atoms with Gasteiger partial charge in [0.25, 0.3) is 0 Å². The monoisotopic (exact) mass is 527 g/mol. The molecule has 2 heterocycles. The van der Waals surface area contributed by atoms with Gasteiger partial charge < -0.3 is 15.5 Å². The van der Waals surface area contributed by atoms with Crippen LogP contribution in [-0.4, -0.2) is 55.0 Å². The van der Waals surface area contributed by atoms with Gasteiger partial charge in [0, 0.05) is 45.8 Å². The summed E-state index contributed by atoms with van der Waals surface area (Å²) in [6.45, 7) is 13.6. The van der Waals surface area contributed by atoms with Gasteiger partial charge in [-0.15, -0.1) is 24.0 Å². The highest BCUT2D eigenvalue weighted by molar-refractivity contribution is 14.0. The predicted octanol–water partition coefficient (Wildman–Crippen LogP) is 3.76. The lowest BCUT2D eigenvalue weighted by Gasteiger charge is -2.34. The van der Waals surface area contributed by atoms with Crippen LogP contribution in [0.1, 0.15) is 30.5 Å². The number of nitrogens with zero attached hydrogens (tertiary/aromatic N) is 3. The van der Waals surface area contributed by atoms with E-state index in [-0.39, 0.29) is 24.0 Å². The summed E-state index contributed by atoms with van der Waals surface area (Å²) in [7, 11) is 0. The Kier molecular flexibility index (Phi) is 11.0. The number of rotatable bonds is 8. The molecule has 1 aliphatic heterocycles. The van der Waals surface area contributed by atoms with Gasteiger partial charge in [0.15, 0.2) is 5.96 Å². The number of benzene rings is 1. The molecule has 1 aromatic heterocycles. The molecule has 0 aliphatic carbocycles. The molecule has 0 spiro atoms. The van der Waals surface area contributed by atoms with Gasteiger partial charge in [-0.3, -0.25) is 4.90 Å². The molecule has 1 aromatic carbocycles. The van der Waals surface area contributed by atoms with Crippen molar-refractivity contribution in [3.05, 3.63) is 57.8 Å². The van der Waals surface area contributed by atoms with Crippen LogP contribution in [0.5, 0.6) is 0 Å². The molecule has 2 aromatic rings. The van der Waals surface area contributed by atoms with E-state index in [1.165, 1.54) is 49.4 Å². The van der Waals surface area contributed by atoms with Crippen LogP contribution in [0.3, 0.4) is 0 Å². The molecule has 3 rings (SSSR count). The summed E-state index contributed by atoms with van der Waals surface area (Å²) in [6.07, 6.45) is 0. The van der Waals surface area contributed by atoms with Gasteiger partial charge in [-0.1, -0.05) is 31.2 Å². The Morgan fingerprint density at radius 1 is 0.931 bits per heavy atom. The summed E-state index contributed by atoms with van der Waals surface area (Å²) in [4.78, 5) is 9.75. The topological polar surface area (TPSA) is 42.9 Å². The Balaban J connectivity index is 0.00000300. The standard InChI is InChI=1S/C22H33N5S.HI/c1-3-23-22(25-16-21-9-14-28-18-21)24-15-19-5-7-20(8-6-19)17-27-12-10-26(4-2)11-13-27;/h5-9,14,18H,3-4,10-13,15-17H2,1-2H3,(H2,23,24,25);1H. The molecule has 2 N–H and O–H groups in total. The molecular weight excluding hydrogens is 493 g/mol. The zero-order valence-corrected chi connectivity index (χ0v) is 20.7. The molecule has 1 aliphatic rings. The van der Waals surface area contributed by atoms with E-state index in [4.69, 9.17) is 0 Å². The summed E-state index contributed by atoms with van der Waals surface area (Å²) in [5.74, 6) is 0.867. The highest BCUT2D eigenvalue weighted by atomic mass is 127. The number of hydrogen-bond donors (Lipinski definition) is 2. The van der Waals surface area contributed by atoms with E-state index in [2.05, 4.69) is 80.4 Å². The summed E-state index contributed by atoms with van der Waals surface area (Å²) in [5, 5.41) is 11.0. The lowest BCUT2D eigenvalue weighted by Crippen LogP contribution is -2.45. The molecule has 5 nitrogen and oxygen atoms in total. The maximum atomic E-state index is 4.67. The summed E-state index contributed by atoms with van der Waals surface area (Å²) in [5.41, 5.74) is 3.93. The van der Waals surface area contributed by atoms with Crippen molar-refractivity contribution in [3.8, 4) is 0 Å². The van der Waals surface area contributed by atoms with Crippen LogP contribution in [-0.2, 0) is 19.6 Å². The third-order valence-electron chi connectivity index (χ3n) is 5.15. The van der Waals surface area contributed by atoms with Crippen molar-refractivity contribution in [2.45, 2.75) is 33.5 Å². The van der Waals surface area contributed by atoms with Crippen molar-refractivity contribution in [2.24, 2.45) is 4.99 Å². The molecule has 0 atom stereocenters. The van der Waals surface area contributed by atoms with Crippen LogP contribution in [0.2, 0.25) is 0 Å². The van der Waals surface area contributed by atoms with Crippen molar-refractivity contribution < 1.29 is 0 Å². The average molecular weight is 528 g/mol. The van der Waals surface area contributed by atoms with E-state index in [0.717, 1.165) is 25.6 Å². The second-order valence-corrected chi connectivity index (χ2v) is 7.99. The minimum atomic E-state index is 0. The van der Waals surface area contributed by atoms with Crippen LogP contribution < -0.4 is 10.6 Å². The lowest BCUT2D eigenvalue weighted by atomic mass is 10.1. The smallest absolute Gasteiger partial charge is 0.191 e. The molecule has 29 heavy (non-hydrogen) atoms. The third kappa shape index (κ3) is 8.24. The Morgan fingerprint density at radius 3 is 2.24 bits per heavy atom. The minimum Gasteiger partial charge on any atom is -0.357 e. The predicted molar refractivity (Wildman–Crippen MR) is 135 cm³/mol. The molecule has 0 radical (unpaired) electrons. The molecule has 0 unspecified atom stereocenters. The zero-order chi connectivity index (χ0) is 19.6. The van der Waals surface area contributed by atoms with Gasteiger partial charge in [0.2, 0.25) is 0 Å². The highest BCUT2D eigenvalue weighted by Gasteiger charge is 2.15. The maximum Gasteiger partial charge on any atom is 0.191 e. The Labute approximate surface area is 196 Å². The highest BCUT2D eigenvalue weighted by Crippen LogP contribution is 2.10. The fourth-order valence-electron chi connectivity index (χ4n) is 3.36. The van der Waals surface area contributed by atoms with E-state index in [1.807, 2.05) is 0 Å². The van der Waals surface area contributed by atoms with Gasteiger partial charge in [-0.05, 0) is 47.0 Å². The maximum absolute atomic E-state index is 4.67. The van der Waals surface area contributed by atoms with Gasteiger partial charge >= 0.3 is 0 Å². The first-order valence-corrected chi connectivity index (χ1v) is 11.3. The fourth-order valence-corrected chi connectivity index (χ4v) is 4.02.